The molecule has 0 atom stereocenters. The average molecular weight is 215 g/mol. The average Bonchev–Trinajstić information content (AvgIpc) is 2.12. The summed E-state index contributed by atoms with van der Waals surface area (Å²) in [4.78, 5) is 0. The van der Waals surface area contributed by atoms with Gasteiger partial charge in [-0.15, -0.1) is 0 Å². The molecule has 0 fully saturated rings. The van der Waals surface area contributed by atoms with E-state index in [1.54, 1.807) is 12.1 Å². The Kier molecular flexibility index (Phi) is 4.18. The first-order valence-electron chi connectivity index (χ1n) is 4.95. The number of benzene rings is 1. The fourth-order valence-corrected chi connectivity index (χ4v) is 1.46. The first kappa shape index (κ1) is 12.1. The largest absolute Gasteiger partial charge is 0.393 e. The van der Waals surface area contributed by atoms with Crippen molar-refractivity contribution in [3.63, 3.8) is 0 Å². The molecule has 1 rings (SSSR count). The third kappa shape index (κ3) is 4.86. The number of unbranched alkanes of at least 4 members (excludes halogenated alkanes) is 1. The van der Waals surface area contributed by atoms with E-state index in [4.69, 9.17) is 0 Å². The lowest BCUT2D eigenvalue weighted by Gasteiger charge is -2.07. The Balaban J connectivity index is 2.66. The minimum absolute atomic E-state index is 0.337. The minimum Gasteiger partial charge on any atom is -0.171 e. The molecule has 0 aliphatic heterocycles. The second-order valence-electron chi connectivity index (χ2n) is 3.57. The highest BCUT2D eigenvalue weighted by molar-refractivity contribution is 5.24. The molecule has 83 valence electrons. The predicted molar refractivity (Wildman–Crippen MR) is 54.5 cm³/mol. The lowest BCUT2D eigenvalue weighted by molar-refractivity contribution is -0.127. The summed E-state index contributed by atoms with van der Waals surface area (Å²) in [5.74, 6) is 0. The van der Waals surface area contributed by atoms with Gasteiger partial charge in [-0.3, -0.25) is 0 Å². The van der Waals surface area contributed by atoms with E-state index in [-0.39, 0.29) is 0 Å². The van der Waals surface area contributed by atoms with Crippen LogP contribution in [-0.4, -0.2) is 6.18 Å². The first-order chi connectivity index (χ1) is 7.01. The van der Waals surface area contributed by atoms with Crippen molar-refractivity contribution in [1.82, 2.24) is 0 Å². The quantitative estimate of drug-likeness (QED) is 0.713. The maximum atomic E-state index is 12.1. The van der Waals surface area contributed by atoms with E-state index in [1.165, 1.54) is 6.07 Å². The van der Waals surface area contributed by atoms with Crippen molar-refractivity contribution in [2.45, 2.75) is 31.9 Å². The van der Waals surface area contributed by atoms with Crippen molar-refractivity contribution >= 4 is 0 Å². The van der Waals surface area contributed by atoms with Crippen LogP contribution in [0, 0.1) is 6.92 Å². The van der Waals surface area contributed by atoms with Crippen LogP contribution in [0.1, 0.15) is 24.0 Å². The molecule has 0 amide bonds. The third-order valence-corrected chi connectivity index (χ3v) is 2.11. The molecule has 0 saturated heterocycles. The van der Waals surface area contributed by atoms with Crippen LogP contribution in [0.3, 0.4) is 0 Å². The van der Waals surface area contributed by atoms with Crippen LogP contribution in [0.2, 0.25) is 0 Å². The van der Waals surface area contributed by atoms with Crippen LogP contribution >= 0.6 is 0 Å². The number of hydrogen-bond donors (Lipinski definition) is 0. The summed E-state index contributed by atoms with van der Waals surface area (Å²) in [6.45, 7) is 3.70. The number of hydrogen-bond acceptors (Lipinski definition) is 0. The molecule has 0 aromatic heterocycles. The lowest BCUT2D eigenvalue weighted by atomic mass is 10.0. The predicted octanol–water partition coefficient (Wildman–Crippen LogP) is 3.95. The van der Waals surface area contributed by atoms with Crippen molar-refractivity contribution in [1.29, 1.82) is 0 Å². The second kappa shape index (κ2) is 5.19. The molecule has 0 saturated carbocycles. The van der Waals surface area contributed by atoms with Crippen molar-refractivity contribution in [2.75, 3.05) is 0 Å². The molecule has 3 heteroatoms. The van der Waals surface area contributed by atoms with E-state index in [9.17, 15) is 13.2 Å². The van der Waals surface area contributed by atoms with Gasteiger partial charge in [0.15, 0.2) is 0 Å². The maximum absolute atomic E-state index is 12.1. The fourth-order valence-electron chi connectivity index (χ4n) is 1.46. The summed E-state index contributed by atoms with van der Waals surface area (Å²) in [6, 6.07) is 6.68. The number of halogens is 3. The molecular weight excluding hydrogens is 201 g/mol. The topological polar surface area (TPSA) is 0 Å². The molecule has 0 unspecified atom stereocenters. The Morgan fingerprint density at radius 2 is 1.80 bits per heavy atom. The highest BCUT2D eigenvalue weighted by Gasteiger charge is 2.27. The summed E-state index contributed by atoms with van der Waals surface area (Å²) < 4.78 is 36.3. The Morgan fingerprint density at radius 1 is 1.13 bits per heavy atom. The molecule has 0 aliphatic rings. The molecule has 0 spiro atoms. The van der Waals surface area contributed by atoms with Gasteiger partial charge in [-0.05, 0) is 24.0 Å². The van der Waals surface area contributed by atoms with Gasteiger partial charge in [0.1, 0.15) is 0 Å². The Bertz CT molecular complexity index is 302. The Morgan fingerprint density at radius 3 is 2.40 bits per heavy atom. The van der Waals surface area contributed by atoms with Gasteiger partial charge in [-0.25, -0.2) is 0 Å². The summed E-state index contributed by atoms with van der Waals surface area (Å²) in [7, 11) is 0. The van der Waals surface area contributed by atoms with Gasteiger partial charge in [-0.2, -0.15) is 13.2 Å². The highest BCUT2D eigenvalue weighted by atomic mass is 19.4. The lowest BCUT2D eigenvalue weighted by Crippen LogP contribution is -2.11. The zero-order chi connectivity index (χ0) is 11.3. The van der Waals surface area contributed by atoms with E-state index < -0.39 is 12.6 Å². The maximum Gasteiger partial charge on any atom is 0.393 e. The number of rotatable bonds is 4. The molecule has 15 heavy (non-hydrogen) atoms. The van der Waals surface area contributed by atoms with Gasteiger partial charge in [0, 0.05) is 0 Å². The van der Waals surface area contributed by atoms with E-state index in [0.29, 0.717) is 5.56 Å². The molecule has 1 radical (unpaired) electrons. The molecule has 0 nitrogen and oxygen atoms in total. The van der Waals surface area contributed by atoms with Crippen molar-refractivity contribution in [3.05, 3.63) is 42.3 Å². The van der Waals surface area contributed by atoms with Gasteiger partial charge in [-0.1, -0.05) is 37.6 Å². The highest BCUT2D eigenvalue weighted by Crippen LogP contribution is 2.22. The van der Waals surface area contributed by atoms with Crippen molar-refractivity contribution < 1.29 is 13.2 Å². The van der Waals surface area contributed by atoms with Gasteiger partial charge in [0.25, 0.3) is 0 Å². The normalized spacial score (nSPS) is 11.7. The van der Waals surface area contributed by atoms with Crippen LogP contribution in [0.15, 0.2) is 24.3 Å². The molecule has 0 aliphatic carbocycles. The van der Waals surface area contributed by atoms with Gasteiger partial charge in [0.2, 0.25) is 0 Å². The summed E-state index contributed by atoms with van der Waals surface area (Å²) in [6.07, 6.45) is -2.44. The molecular formula is C12H14F3. The van der Waals surface area contributed by atoms with Gasteiger partial charge >= 0.3 is 6.18 Å². The van der Waals surface area contributed by atoms with Crippen LogP contribution in [0.5, 0.6) is 0 Å². The summed E-state index contributed by atoms with van der Waals surface area (Å²) >= 11 is 0. The summed E-state index contributed by atoms with van der Waals surface area (Å²) in [5.41, 5.74) is 1.30. The first-order valence-corrected chi connectivity index (χ1v) is 4.95. The smallest absolute Gasteiger partial charge is 0.171 e. The number of alkyl halides is 3. The van der Waals surface area contributed by atoms with Crippen LogP contribution in [0.25, 0.3) is 0 Å². The Labute approximate surface area is 88.1 Å². The van der Waals surface area contributed by atoms with E-state index in [1.807, 2.05) is 6.07 Å². The standard InChI is InChI=1S/C12H14F3/c1-2-3-5-10-6-4-7-11(8-10)9-12(13,14)15/h4,6-8H,1-3,5,9H2. The number of aryl methyl sites for hydroxylation is 1. The summed E-state index contributed by atoms with van der Waals surface area (Å²) in [5, 5.41) is 0. The zero-order valence-electron chi connectivity index (χ0n) is 8.48. The van der Waals surface area contributed by atoms with E-state index in [2.05, 4.69) is 6.92 Å². The van der Waals surface area contributed by atoms with Crippen LogP contribution in [-0.2, 0) is 12.8 Å². The molecule has 0 N–H and O–H groups in total. The second-order valence-corrected chi connectivity index (χ2v) is 3.57. The van der Waals surface area contributed by atoms with Crippen molar-refractivity contribution in [2.24, 2.45) is 0 Å². The Hall–Kier alpha value is -0.990. The zero-order valence-corrected chi connectivity index (χ0v) is 8.48. The SMILES string of the molecule is [CH2]CCCc1cccc(CC(F)(F)F)c1. The van der Waals surface area contributed by atoms with Crippen LogP contribution in [0.4, 0.5) is 13.2 Å². The van der Waals surface area contributed by atoms with Crippen molar-refractivity contribution in [3.8, 4) is 0 Å². The van der Waals surface area contributed by atoms with E-state index in [0.717, 1.165) is 24.8 Å². The molecule has 0 bridgehead atoms. The molecule has 0 heterocycles. The fraction of sp³-hybridized carbons (Fsp3) is 0.417. The molecule has 1 aromatic rings. The van der Waals surface area contributed by atoms with Crippen LogP contribution < -0.4 is 0 Å². The van der Waals surface area contributed by atoms with E-state index >= 15 is 0 Å². The van der Waals surface area contributed by atoms with Gasteiger partial charge < -0.3 is 0 Å². The van der Waals surface area contributed by atoms with Gasteiger partial charge in [0.05, 0.1) is 6.42 Å². The minimum atomic E-state index is -4.12. The third-order valence-electron chi connectivity index (χ3n) is 2.11. The molecule has 1 aromatic carbocycles. The monoisotopic (exact) mass is 215 g/mol.